The van der Waals surface area contributed by atoms with Gasteiger partial charge in [-0.15, -0.1) is 0 Å². The molecule has 1 aliphatic heterocycles. The lowest BCUT2D eigenvalue weighted by Gasteiger charge is -2.37. The molecule has 7 nitrogen and oxygen atoms in total. The molecular formula is C44H40F4N4O3. The van der Waals surface area contributed by atoms with Gasteiger partial charge in [-0.2, -0.15) is 18.3 Å². The van der Waals surface area contributed by atoms with E-state index in [1.807, 2.05) is 91.0 Å². The number of likely N-dealkylation sites (tertiary alicyclic amines) is 1. The van der Waals surface area contributed by atoms with E-state index in [1.54, 1.807) is 31.5 Å². The van der Waals surface area contributed by atoms with Crippen molar-refractivity contribution in [3.63, 3.8) is 0 Å². The molecule has 0 bridgehead atoms. The molecule has 11 heteroatoms. The minimum atomic E-state index is -4.76. The molecule has 282 valence electrons. The van der Waals surface area contributed by atoms with Gasteiger partial charge in [0, 0.05) is 18.5 Å². The first kappa shape index (κ1) is 37.3. The number of fused-ring (bicyclic) bond motifs is 1. The minimum absolute atomic E-state index is 0.0906. The molecule has 2 amide bonds. The van der Waals surface area contributed by atoms with Gasteiger partial charge in [-0.1, -0.05) is 97.1 Å². The number of ether oxygens (including phenoxy) is 1. The van der Waals surface area contributed by atoms with Crippen molar-refractivity contribution in [1.29, 1.82) is 0 Å². The monoisotopic (exact) mass is 748 g/mol. The summed E-state index contributed by atoms with van der Waals surface area (Å²) in [5, 5.41) is 8.48. The first-order valence-corrected chi connectivity index (χ1v) is 18.1. The third-order valence-corrected chi connectivity index (χ3v) is 9.86. The van der Waals surface area contributed by atoms with Crippen molar-refractivity contribution in [3.05, 3.63) is 155 Å². The van der Waals surface area contributed by atoms with Gasteiger partial charge in [-0.05, 0) is 91.8 Å². The number of aromatic nitrogens is 2. The standard InChI is InChI=1S/C44H40F4N4O3/c1-42(2,3)55-41(54)51-25-13-14-30(28-51)40(53)49-39-36-26-29(35-27-34(45)22-23-37(35)44(46,47)48)21-24-38(36)52(50-39)43(31-15-7-4-8-16-31,32-17-9-5-10-18-32)33-19-11-6-12-20-33/h4-12,15-24,26-27,30H,13-14,25,28H2,1-3H3,(H,49,50,53)/t30-/m1/s1. The Balaban J connectivity index is 1.44. The molecule has 55 heavy (non-hydrogen) atoms. The van der Waals surface area contributed by atoms with Gasteiger partial charge in [0.1, 0.15) is 17.0 Å². The van der Waals surface area contributed by atoms with Crippen LogP contribution in [0.3, 0.4) is 0 Å². The van der Waals surface area contributed by atoms with E-state index in [0.717, 1.165) is 34.9 Å². The topological polar surface area (TPSA) is 76.5 Å². The second-order valence-corrected chi connectivity index (χ2v) is 14.7. The highest BCUT2D eigenvalue weighted by Crippen LogP contribution is 2.45. The van der Waals surface area contributed by atoms with Gasteiger partial charge < -0.3 is 15.0 Å². The molecule has 0 spiro atoms. The molecule has 1 saturated heterocycles. The number of nitrogens with zero attached hydrogens (tertiary/aromatic N) is 3. The van der Waals surface area contributed by atoms with E-state index >= 15 is 0 Å². The molecule has 7 rings (SSSR count). The molecule has 1 aliphatic rings. The fourth-order valence-electron chi connectivity index (χ4n) is 7.44. The maximum atomic E-state index is 14.6. The van der Waals surface area contributed by atoms with Crippen LogP contribution in [-0.4, -0.2) is 45.4 Å². The first-order chi connectivity index (χ1) is 26.3. The lowest BCUT2D eigenvalue weighted by atomic mass is 9.77. The Morgan fingerprint density at radius 3 is 1.91 bits per heavy atom. The number of rotatable bonds is 7. The average Bonchev–Trinajstić information content (AvgIpc) is 3.52. The van der Waals surface area contributed by atoms with Gasteiger partial charge in [-0.25, -0.2) is 13.9 Å². The van der Waals surface area contributed by atoms with E-state index in [0.29, 0.717) is 30.3 Å². The van der Waals surface area contributed by atoms with Crippen LogP contribution in [0.5, 0.6) is 0 Å². The summed E-state index contributed by atoms with van der Waals surface area (Å²) in [5.74, 6) is -1.74. The summed E-state index contributed by atoms with van der Waals surface area (Å²) >= 11 is 0. The van der Waals surface area contributed by atoms with E-state index in [4.69, 9.17) is 9.84 Å². The van der Waals surface area contributed by atoms with Gasteiger partial charge in [-0.3, -0.25) is 4.79 Å². The summed E-state index contributed by atoms with van der Waals surface area (Å²) < 4.78 is 64.9. The predicted octanol–water partition coefficient (Wildman–Crippen LogP) is 10.3. The van der Waals surface area contributed by atoms with Crippen LogP contribution < -0.4 is 5.32 Å². The van der Waals surface area contributed by atoms with Crippen LogP contribution in [0, 0.1) is 11.7 Å². The third kappa shape index (κ3) is 7.43. The zero-order valence-corrected chi connectivity index (χ0v) is 30.6. The molecule has 1 aromatic heterocycles. The van der Waals surface area contributed by atoms with Crippen LogP contribution in [0.1, 0.15) is 55.9 Å². The summed E-state index contributed by atoms with van der Waals surface area (Å²) in [6.45, 7) is 5.87. The Labute approximate surface area is 316 Å². The van der Waals surface area contributed by atoms with E-state index < -0.39 is 46.6 Å². The molecule has 1 atom stereocenters. The van der Waals surface area contributed by atoms with Crippen LogP contribution in [-0.2, 0) is 21.2 Å². The number of piperidine rings is 1. The molecule has 0 saturated carbocycles. The molecule has 0 aliphatic carbocycles. The highest BCUT2D eigenvalue weighted by atomic mass is 19.4. The molecule has 5 aromatic carbocycles. The lowest BCUT2D eigenvalue weighted by Crippen LogP contribution is -2.45. The normalized spacial score (nSPS) is 15.2. The van der Waals surface area contributed by atoms with E-state index in [9.17, 15) is 27.2 Å². The fraction of sp³-hybridized carbons (Fsp3) is 0.250. The minimum Gasteiger partial charge on any atom is -0.444 e. The summed E-state index contributed by atoms with van der Waals surface area (Å²) in [6, 6.07) is 36.2. The number of carbonyl (C=O) groups is 2. The van der Waals surface area contributed by atoms with Crippen molar-refractivity contribution < 1.29 is 31.9 Å². The molecule has 2 heterocycles. The Bertz CT molecular complexity index is 2220. The number of hydrogen-bond donors (Lipinski definition) is 1. The molecule has 0 radical (unpaired) electrons. The fourth-order valence-corrected chi connectivity index (χ4v) is 7.44. The van der Waals surface area contributed by atoms with Crippen molar-refractivity contribution in [2.45, 2.75) is 50.9 Å². The molecule has 1 N–H and O–H groups in total. The third-order valence-electron chi connectivity index (χ3n) is 9.86. The molecule has 6 aromatic rings. The number of hydrogen-bond acceptors (Lipinski definition) is 4. The maximum absolute atomic E-state index is 14.6. The SMILES string of the molecule is CC(C)(C)OC(=O)N1CCC[C@@H](C(=O)Nc2nn(C(c3ccccc3)(c3ccccc3)c3ccccc3)c3ccc(-c4cc(F)ccc4C(F)(F)F)cc23)C1. The number of halogens is 4. The lowest BCUT2D eigenvalue weighted by molar-refractivity contribution is -0.137. The summed E-state index contributed by atoms with van der Waals surface area (Å²) in [6.07, 6.45) is -4.22. The number of benzene rings is 5. The van der Waals surface area contributed by atoms with Gasteiger partial charge in [0.25, 0.3) is 0 Å². The quantitative estimate of drug-likeness (QED) is 0.130. The second-order valence-electron chi connectivity index (χ2n) is 14.7. The number of anilines is 1. The van der Waals surface area contributed by atoms with Crippen LogP contribution >= 0.6 is 0 Å². The molecule has 1 fully saturated rings. The van der Waals surface area contributed by atoms with Gasteiger partial charge in [0.05, 0.1) is 17.0 Å². The van der Waals surface area contributed by atoms with Crippen LogP contribution in [0.15, 0.2) is 127 Å². The summed E-state index contributed by atoms with van der Waals surface area (Å²) in [5.41, 5.74) is -0.0985. The second kappa shape index (κ2) is 14.7. The Hall–Kier alpha value is -5.97. The largest absolute Gasteiger partial charge is 0.444 e. The maximum Gasteiger partial charge on any atom is 0.417 e. The van der Waals surface area contributed by atoms with E-state index in [1.165, 1.54) is 17.0 Å². The van der Waals surface area contributed by atoms with E-state index in [-0.39, 0.29) is 23.5 Å². The highest BCUT2D eigenvalue weighted by molar-refractivity contribution is 6.02. The Morgan fingerprint density at radius 1 is 0.782 bits per heavy atom. The zero-order chi connectivity index (χ0) is 39.0. The smallest absolute Gasteiger partial charge is 0.417 e. The van der Waals surface area contributed by atoms with Gasteiger partial charge in [0.2, 0.25) is 5.91 Å². The number of alkyl halides is 3. The highest BCUT2D eigenvalue weighted by Gasteiger charge is 2.42. The van der Waals surface area contributed by atoms with Crippen molar-refractivity contribution in [2.75, 3.05) is 18.4 Å². The molecule has 0 unspecified atom stereocenters. The van der Waals surface area contributed by atoms with Gasteiger partial charge >= 0.3 is 12.3 Å². The number of nitrogens with one attached hydrogen (secondary N) is 1. The summed E-state index contributed by atoms with van der Waals surface area (Å²) in [7, 11) is 0. The number of carbonyl (C=O) groups excluding carboxylic acids is 2. The van der Waals surface area contributed by atoms with Crippen molar-refractivity contribution in [1.82, 2.24) is 14.7 Å². The van der Waals surface area contributed by atoms with Crippen molar-refractivity contribution in [3.8, 4) is 11.1 Å². The Morgan fingerprint density at radius 2 is 1.36 bits per heavy atom. The van der Waals surface area contributed by atoms with Crippen molar-refractivity contribution in [2.24, 2.45) is 5.92 Å². The summed E-state index contributed by atoms with van der Waals surface area (Å²) in [4.78, 5) is 28.7. The van der Waals surface area contributed by atoms with Crippen LogP contribution in [0.25, 0.3) is 22.0 Å². The molecular weight excluding hydrogens is 709 g/mol. The first-order valence-electron chi connectivity index (χ1n) is 18.1. The zero-order valence-electron chi connectivity index (χ0n) is 30.6. The number of amides is 2. The van der Waals surface area contributed by atoms with E-state index in [2.05, 4.69) is 5.32 Å². The van der Waals surface area contributed by atoms with Gasteiger partial charge in [0.15, 0.2) is 5.82 Å². The van der Waals surface area contributed by atoms with Crippen LogP contribution in [0.4, 0.5) is 28.2 Å². The predicted molar refractivity (Wildman–Crippen MR) is 204 cm³/mol. The Kier molecular flexibility index (Phi) is 9.98. The van der Waals surface area contributed by atoms with Crippen LogP contribution in [0.2, 0.25) is 0 Å². The average molecular weight is 749 g/mol. The van der Waals surface area contributed by atoms with Crippen molar-refractivity contribution >= 4 is 28.7 Å².